The quantitative estimate of drug-likeness (QED) is 0.487. The van der Waals surface area contributed by atoms with Crippen molar-refractivity contribution < 1.29 is 14.3 Å². The number of ether oxygens (including phenoxy) is 1. The summed E-state index contributed by atoms with van der Waals surface area (Å²) in [5.74, 6) is 0.0947. The number of carbonyl (C=O) groups excluding carboxylic acids is 2. The van der Waals surface area contributed by atoms with Crippen LogP contribution in [0.25, 0.3) is 0 Å². The minimum Gasteiger partial charge on any atom is -0.484 e. The number of hydrogen-bond acceptors (Lipinski definition) is 3. The van der Waals surface area contributed by atoms with Crippen molar-refractivity contribution in [1.82, 2.24) is 10.2 Å². The zero-order valence-electron chi connectivity index (χ0n) is 17.2. The Morgan fingerprint density at radius 1 is 1.13 bits per heavy atom. The van der Waals surface area contributed by atoms with Gasteiger partial charge in [-0.3, -0.25) is 9.59 Å². The van der Waals surface area contributed by atoms with Crippen LogP contribution < -0.4 is 10.1 Å². The van der Waals surface area contributed by atoms with E-state index in [1.54, 1.807) is 24.3 Å². The van der Waals surface area contributed by atoms with Crippen molar-refractivity contribution in [3.05, 3.63) is 62.0 Å². The molecule has 0 aliphatic rings. The fourth-order valence-corrected chi connectivity index (χ4v) is 3.55. The molecule has 2 rings (SSSR count). The van der Waals surface area contributed by atoms with Crippen LogP contribution in [0.4, 0.5) is 0 Å². The van der Waals surface area contributed by atoms with Crippen molar-refractivity contribution in [2.45, 2.75) is 39.8 Å². The Bertz CT molecular complexity index is 908. The van der Waals surface area contributed by atoms with Gasteiger partial charge in [0.1, 0.15) is 11.8 Å². The number of amides is 2. The molecular weight excluding hydrogens is 491 g/mol. The molecule has 2 aromatic carbocycles. The second-order valence-electron chi connectivity index (χ2n) is 6.79. The monoisotopic (exact) mass is 514 g/mol. The Kier molecular flexibility index (Phi) is 9.46. The molecule has 5 nitrogen and oxygen atoms in total. The summed E-state index contributed by atoms with van der Waals surface area (Å²) in [6, 6.07) is 10.0. The average molecular weight is 516 g/mol. The Morgan fingerprint density at radius 3 is 2.47 bits per heavy atom. The molecule has 0 saturated heterocycles. The van der Waals surface area contributed by atoms with E-state index in [1.807, 2.05) is 32.9 Å². The van der Waals surface area contributed by atoms with Gasteiger partial charge in [0.25, 0.3) is 5.91 Å². The standard InChI is InChI=1S/C22H25BrCl2N2O3/c1-4-20(22(29)26-5-2)27(12-15-6-9-18(24)19(25)11-15)21(28)13-30-16-7-8-17(23)14(3)10-16/h6-11,20H,4-5,12-13H2,1-3H3,(H,26,29)/t20-/m1/s1. The first-order chi connectivity index (χ1) is 14.3. The predicted octanol–water partition coefficient (Wildman–Crippen LogP) is 5.39. The van der Waals surface area contributed by atoms with Crippen LogP contribution in [0.5, 0.6) is 5.75 Å². The van der Waals surface area contributed by atoms with Crippen LogP contribution in [0.1, 0.15) is 31.4 Å². The fourth-order valence-electron chi connectivity index (χ4n) is 2.98. The van der Waals surface area contributed by atoms with E-state index < -0.39 is 6.04 Å². The Hall–Kier alpha value is -1.76. The number of nitrogens with zero attached hydrogens (tertiary/aromatic N) is 1. The molecule has 1 atom stereocenters. The summed E-state index contributed by atoms with van der Waals surface area (Å²) in [5.41, 5.74) is 1.78. The third-order valence-corrected chi connectivity index (χ3v) is 6.19. The van der Waals surface area contributed by atoms with E-state index in [-0.39, 0.29) is 25.0 Å². The third-order valence-electron chi connectivity index (χ3n) is 4.57. The van der Waals surface area contributed by atoms with Gasteiger partial charge in [0.15, 0.2) is 6.61 Å². The van der Waals surface area contributed by atoms with Gasteiger partial charge in [0.2, 0.25) is 5.91 Å². The fraction of sp³-hybridized carbons (Fsp3) is 0.364. The van der Waals surface area contributed by atoms with E-state index in [9.17, 15) is 9.59 Å². The van der Waals surface area contributed by atoms with Crippen molar-refractivity contribution in [3.8, 4) is 5.75 Å². The lowest BCUT2D eigenvalue weighted by Gasteiger charge is -2.30. The van der Waals surface area contributed by atoms with E-state index in [4.69, 9.17) is 27.9 Å². The highest BCUT2D eigenvalue weighted by atomic mass is 79.9. The van der Waals surface area contributed by atoms with Crippen LogP contribution in [0.3, 0.4) is 0 Å². The number of carbonyl (C=O) groups is 2. The van der Waals surface area contributed by atoms with Gasteiger partial charge in [-0.15, -0.1) is 0 Å². The van der Waals surface area contributed by atoms with Crippen molar-refractivity contribution in [3.63, 3.8) is 0 Å². The molecule has 0 bridgehead atoms. The highest BCUT2D eigenvalue weighted by molar-refractivity contribution is 9.10. The minimum absolute atomic E-state index is 0.182. The van der Waals surface area contributed by atoms with Gasteiger partial charge in [-0.25, -0.2) is 0 Å². The third kappa shape index (κ3) is 6.62. The summed E-state index contributed by atoms with van der Waals surface area (Å²) in [6.45, 7) is 6.17. The highest BCUT2D eigenvalue weighted by Crippen LogP contribution is 2.25. The van der Waals surface area contributed by atoms with E-state index in [1.165, 1.54) is 4.90 Å². The second kappa shape index (κ2) is 11.6. The van der Waals surface area contributed by atoms with E-state index in [0.717, 1.165) is 15.6 Å². The number of hydrogen-bond donors (Lipinski definition) is 1. The molecule has 0 aliphatic heterocycles. The number of benzene rings is 2. The molecule has 2 aromatic rings. The summed E-state index contributed by atoms with van der Waals surface area (Å²) in [7, 11) is 0. The molecule has 2 amide bonds. The topological polar surface area (TPSA) is 58.6 Å². The van der Waals surface area contributed by atoms with E-state index >= 15 is 0 Å². The lowest BCUT2D eigenvalue weighted by molar-refractivity contribution is -0.142. The number of rotatable bonds is 9. The van der Waals surface area contributed by atoms with Crippen molar-refractivity contribution in [2.75, 3.05) is 13.2 Å². The van der Waals surface area contributed by atoms with Crippen molar-refractivity contribution in [2.24, 2.45) is 0 Å². The Balaban J connectivity index is 2.23. The van der Waals surface area contributed by atoms with Crippen LogP contribution in [0.15, 0.2) is 40.9 Å². The average Bonchev–Trinajstić information content (AvgIpc) is 2.71. The van der Waals surface area contributed by atoms with E-state index in [0.29, 0.717) is 28.8 Å². The minimum atomic E-state index is -0.623. The normalized spacial score (nSPS) is 11.7. The SMILES string of the molecule is CCNC(=O)[C@@H](CC)N(Cc1ccc(Cl)c(Cl)c1)C(=O)COc1ccc(Br)c(C)c1. The van der Waals surface area contributed by atoms with Crippen molar-refractivity contribution >= 4 is 50.9 Å². The van der Waals surface area contributed by atoms with Gasteiger partial charge < -0.3 is 15.0 Å². The maximum Gasteiger partial charge on any atom is 0.261 e. The molecule has 30 heavy (non-hydrogen) atoms. The Labute approximate surface area is 195 Å². The molecule has 0 radical (unpaired) electrons. The maximum atomic E-state index is 13.1. The molecule has 0 heterocycles. The first-order valence-electron chi connectivity index (χ1n) is 9.66. The van der Waals surface area contributed by atoms with Crippen LogP contribution in [-0.4, -0.2) is 35.9 Å². The summed E-state index contributed by atoms with van der Waals surface area (Å²) < 4.78 is 6.67. The van der Waals surface area contributed by atoms with Crippen LogP contribution in [0, 0.1) is 6.92 Å². The molecule has 8 heteroatoms. The van der Waals surface area contributed by atoms with Gasteiger partial charge >= 0.3 is 0 Å². The van der Waals surface area contributed by atoms with Crippen LogP contribution in [-0.2, 0) is 16.1 Å². The molecule has 0 spiro atoms. The lowest BCUT2D eigenvalue weighted by Crippen LogP contribution is -2.50. The molecular formula is C22H25BrCl2N2O3. The van der Waals surface area contributed by atoms with Gasteiger partial charge in [0.05, 0.1) is 10.0 Å². The highest BCUT2D eigenvalue weighted by Gasteiger charge is 2.28. The summed E-state index contributed by atoms with van der Waals surface area (Å²) >= 11 is 15.6. The van der Waals surface area contributed by atoms with Gasteiger partial charge in [-0.2, -0.15) is 0 Å². The molecule has 0 fully saturated rings. The van der Waals surface area contributed by atoms with Gasteiger partial charge in [-0.05, 0) is 61.7 Å². The van der Waals surface area contributed by atoms with Crippen LogP contribution >= 0.6 is 39.1 Å². The number of nitrogens with one attached hydrogen (secondary N) is 1. The smallest absolute Gasteiger partial charge is 0.261 e. The zero-order valence-corrected chi connectivity index (χ0v) is 20.3. The first kappa shape index (κ1) is 24.5. The summed E-state index contributed by atoms with van der Waals surface area (Å²) in [4.78, 5) is 27.2. The lowest BCUT2D eigenvalue weighted by atomic mass is 10.1. The number of halogens is 3. The van der Waals surface area contributed by atoms with E-state index in [2.05, 4.69) is 21.2 Å². The Morgan fingerprint density at radius 2 is 1.87 bits per heavy atom. The summed E-state index contributed by atoms with van der Waals surface area (Å²) in [5, 5.41) is 3.63. The molecule has 1 N–H and O–H groups in total. The first-order valence-corrected chi connectivity index (χ1v) is 11.2. The van der Waals surface area contributed by atoms with Gasteiger partial charge in [0, 0.05) is 17.6 Å². The summed E-state index contributed by atoms with van der Waals surface area (Å²) in [6.07, 6.45) is 0.469. The molecule has 162 valence electrons. The number of aryl methyl sites for hydroxylation is 1. The number of likely N-dealkylation sites (N-methyl/N-ethyl adjacent to an activating group) is 1. The maximum absolute atomic E-state index is 13.1. The molecule has 0 saturated carbocycles. The van der Waals surface area contributed by atoms with Gasteiger partial charge in [-0.1, -0.05) is 52.1 Å². The molecule has 0 unspecified atom stereocenters. The molecule has 0 aromatic heterocycles. The largest absolute Gasteiger partial charge is 0.484 e. The zero-order chi connectivity index (χ0) is 22.3. The molecule has 0 aliphatic carbocycles. The van der Waals surface area contributed by atoms with Crippen LogP contribution in [0.2, 0.25) is 10.0 Å². The second-order valence-corrected chi connectivity index (χ2v) is 8.46. The predicted molar refractivity (Wildman–Crippen MR) is 124 cm³/mol. The van der Waals surface area contributed by atoms with Crippen molar-refractivity contribution in [1.29, 1.82) is 0 Å².